The number of aryl methyl sites for hydroxylation is 2. The van der Waals surface area contributed by atoms with E-state index >= 15 is 0 Å². The third kappa shape index (κ3) is 13.0. The van der Waals surface area contributed by atoms with E-state index in [2.05, 4.69) is 109 Å². The molecule has 0 bridgehead atoms. The quantitative estimate of drug-likeness (QED) is 0.0955. The zero-order valence-corrected chi connectivity index (χ0v) is 40.5. The summed E-state index contributed by atoms with van der Waals surface area (Å²) in [5.74, 6) is 3.45. The van der Waals surface area contributed by atoms with Crippen LogP contribution >= 0.6 is 0 Å². The Kier molecular flexibility index (Phi) is 20.2. The molecule has 1 radical (unpaired) electrons. The van der Waals surface area contributed by atoms with Crippen molar-refractivity contribution in [2.75, 3.05) is 92.6 Å². The predicted octanol–water partition coefficient (Wildman–Crippen LogP) is 7.26. The fourth-order valence-corrected chi connectivity index (χ4v) is 8.96. The van der Waals surface area contributed by atoms with Crippen molar-refractivity contribution in [2.45, 2.75) is 104 Å². The number of aromatic hydroxyl groups is 2. The van der Waals surface area contributed by atoms with E-state index in [-0.39, 0.29) is 49.9 Å². The van der Waals surface area contributed by atoms with Gasteiger partial charge in [0, 0.05) is 66.0 Å². The summed E-state index contributed by atoms with van der Waals surface area (Å²) in [6.45, 7) is 25.4. The van der Waals surface area contributed by atoms with Crippen LogP contribution in [0, 0.1) is 22.3 Å². The molecule has 2 aromatic rings. The van der Waals surface area contributed by atoms with Crippen LogP contribution in [0.25, 0.3) is 0 Å². The summed E-state index contributed by atoms with van der Waals surface area (Å²) in [5, 5.41) is 22.9. The summed E-state index contributed by atoms with van der Waals surface area (Å²) in [6, 6.07) is 8.57. The molecular formula is C49H81CoN8O2-. The minimum absolute atomic E-state index is 0. The van der Waals surface area contributed by atoms with E-state index < -0.39 is 0 Å². The molecule has 0 amide bonds. The third-order valence-electron chi connectivity index (χ3n) is 12.1. The van der Waals surface area contributed by atoms with Crippen LogP contribution < -0.4 is 0 Å². The molecule has 339 valence electrons. The first-order chi connectivity index (χ1) is 26.7. The minimum Gasteiger partial charge on any atom is -0.507 e. The average molecular weight is 873 g/mol. The maximum Gasteiger partial charge on any atom is 0.350 e. The van der Waals surface area contributed by atoms with Crippen molar-refractivity contribution in [1.29, 1.82) is 0 Å². The van der Waals surface area contributed by atoms with Gasteiger partial charge in [0.1, 0.15) is 11.5 Å². The molecule has 2 aromatic carbocycles. The Labute approximate surface area is 376 Å². The van der Waals surface area contributed by atoms with Gasteiger partial charge in [-0.05, 0) is 70.9 Å². The molecule has 0 aliphatic carbocycles. The first-order valence-corrected chi connectivity index (χ1v) is 21.6. The van der Waals surface area contributed by atoms with E-state index in [1.807, 2.05) is 12.4 Å². The van der Waals surface area contributed by atoms with E-state index in [0.717, 1.165) is 113 Å². The van der Waals surface area contributed by atoms with Crippen molar-refractivity contribution < 1.29 is 36.1 Å². The van der Waals surface area contributed by atoms with Gasteiger partial charge < -0.3 is 32.5 Å². The molecule has 0 unspecified atom stereocenters. The van der Waals surface area contributed by atoms with Gasteiger partial charge in [-0.15, -0.1) is 0 Å². The van der Waals surface area contributed by atoms with Crippen LogP contribution in [0.5, 0.6) is 11.5 Å². The second-order valence-electron chi connectivity index (χ2n) is 18.7. The van der Waals surface area contributed by atoms with Crippen molar-refractivity contribution in [1.82, 2.24) is 19.6 Å². The summed E-state index contributed by atoms with van der Waals surface area (Å²) in [6.07, 6.45) is 12.1. The molecule has 11 heteroatoms. The number of benzene rings is 2. The van der Waals surface area contributed by atoms with Crippen LogP contribution in [0.15, 0.2) is 34.3 Å². The normalized spacial score (nSPS) is 17.3. The van der Waals surface area contributed by atoms with Crippen molar-refractivity contribution in [2.24, 2.45) is 9.98 Å². The van der Waals surface area contributed by atoms with E-state index in [0.29, 0.717) is 24.6 Å². The number of nitrogens with zero attached hydrogens (tertiary/aromatic N) is 8. The van der Waals surface area contributed by atoms with E-state index in [1.165, 1.54) is 48.7 Å². The molecular weight excluding hydrogens is 792 g/mol. The van der Waals surface area contributed by atoms with Crippen molar-refractivity contribution >= 4 is 24.3 Å². The summed E-state index contributed by atoms with van der Waals surface area (Å²) in [7, 11) is 4.44. The molecule has 4 aliphatic heterocycles. The molecule has 4 aliphatic rings. The number of rotatable bonds is 13. The maximum atomic E-state index is 11.5. The molecule has 0 aromatic heterocycles. The molecule has 0 spiro atoms. The van der Waals surface area contributed by atoms with Gasteiger partial charge in [0.2, 0.25) is 0 Å². The summed E-state index contributed by atoms with van der Waals surface area (Å²) in [5.41, 5.74) is 5.85. The van der Waals surface area contributed by atoms with Crippen LogP contribution in [-0.2, 0) is 40.5 Å². The van der Waals surface area contributed by atoms with Gasteiger partial charge in [0.15, 0.2) is 0 Å². The largest absolute Gasteiger partial charge is 0.507 e. The van der Waals surface area contributed by atoms with E-state index in [4.69, 9.17) is 9.98 Å². The zero-order valence-electron chi connectivity index (χ0n) is 39.4. The van der Waals surface area contributed by atoms with Gasteiger partial charge in [0.25, 0.3) is 0 Å². The van der Waals surface area contributed by atoms with Gasteiger partial charge in [0.05, 0.1) is 92.6 Å². The Morgan fingerprint density at radius 2 is 0.950 bits per heavy atom. The molecule has 10 nitrogen and oxygen atoms in total. The van der Waals surface area contributed by atoms with E-state index in [1.54, 1.807) is 0 Å². The van der Waals surface area contributed by atoms with Crippen molar-refractivity contribution in [3.63, 3.8) is 0 Å². The van der Waals surface area contributed by atoms with Crippen LogP contribution in [-0.4, -0.2) is 156 Å². The SMILES string of the molecule is C[N+]1=C2N(CCCc3cc(C(C)(C)C)cc(C=NCCN=Cc4cc(C(C)(C)C)cc(CCCN5CCCN6CCC[N+](C)=C56)c4O)c3O)CCCN2CCC1.[CH3-].[CH3-].[CH3-].[Co]. The predicted molar refractivity (Wildman–Crippen MR) is 251 cm³/mol. The minimum atomic E-state index is -0.0500. The molecule has 2 fully saturated rings. The smallest absolute Gasteiger partial charge is 0.350 e. The van der Waals surface area contributed by atoms with Gasteiger partial charge in [-0.25, -0.2) is 0 Å². The Morgan fingerprint density at radius 3 is 1.32 bits per heavy atom. The second kappa shape index (κ2) is 23.0. The number of phenolic OH excluding ortho intramolecular Hbond substituents is 2. The molecule has 0 atom stereocenters. The number of hydrogen-bond acceptors (Lipinski definition) is 8. The average Bonchev–Trinajstić information content (AvgIpc) is 3.14. The Morgan fingerprint density at radius 1 is 0.583 bits per heavy atom. The first kappa shape index (κ1) is 52.6. The molecule has 6 rings (SSSR count). The van der Waals surface area contributed by atoms with Crippen molar-refractivity contribution in [3.8, 4) is 11.5 Å². The molecule has 60 heavy (non-hydrogen) atoms. The number of fused-ring (bicyclic) bond motifs is 2. The van der Waals surface area contributed by atoms with Gasteiger partial charge >= 0.3 is 11.9 Å². The Hall–Kier alpha value is -3.57. The third-order valence-corrected chi connectivity index (χ3v) is 12.1. The number of hydrogen-bond donors (Lipinski definition) is 2. The van der Waals surface area contributed by atoms with Crippen LogP contribution in [0.2, 0.25) is 0 Å². The molecule has 0 saturated carbocycles. The molecule has 2 saturated heterocycles. The number of aliphatic imine (C=N–C) groups is 2. The van der Waals surface area contributed by atoms with Crippen LogP contribution in [0.1, 0.15) is 113 Å². The Bertz CT molecular complexity index is 1690. The summed E-state index contributed by atoms with van der Waals surface area (Å²) in [4.78, 5) is 19.6. The van der Waals surface area contributed by atoms with Gasteiger partial charge in [-0.1, -0.05) is 53.7 Å². The van der Waals surface area contributed by atoms with Crippen LogP contribution in [0.3, 0.4) is 0 Å². The maximum absolute atomic E-state index is 11.5. The second-order valence-corrected chi connectivity index (χ2v) is 18.7. The van der Waals surface area contributed by atoms with Gasteiger partial charge in [-0.2, -0.15) is 0 Å². The van der Waals surface area contributed by atoms with Crippen molar-refractivity contribution in [3.05, 3.63) is 79.9 Å². The monoisotopic (exact) mass is 873 g/mol. The number of guanidine groups is 2. The standard InChI is InChI=1S/C46H70N8O2.3CH3.Co/c1-45(2,3)39-29-35(15-9-21-51-25-13-27-53-23-11-19-49(7)43(51)53)41(55)37(31-39)33-47-17-18-48-34-38-32-40(46(4,5)6)30-36(42(38)56)16-10-22-52-26-14-28-54-24-12-20-50(8)44(52)54;;;;/h29-34H,9-28H2,1-8H3;3*1H3;/q;3*-1;/p+2. The molecule has 4 heterocycles. The van der Waals surface area contributed by atoms with Crippen LogP contribution in [0.4, 0.5) is 0 Å². The summed E-state index contributed by atoms with van der Waals surface area (Å²) >= 11 is 0. The molecule has 2 N–H and O–H groups in total. The fraction of sp³-hybridized carbons (Fsp3) is 0.612. The fourth-order valence-electron chi connectivity index (χ4n) is 8.96. The zero-order chi connectivity index (χ0) is 40.0. The Balaban J connectivity index is 0.00000310. The topological polar surface area (TPSA) is 84.2 Å². The van der Waals surface area contributed by atoms with E-state index in [9.17, 15) is 10.2 Å². The number of phenols is 2. The first-order valence-electron chi connectivity index (χ1n) is 21.6. The summed E-state index contributed by atoms with van der Waals surface area (Å²) < 4.78 is 4.84. The van der Waals surface area contributed by atoms with Gasteiger partial charge in [-0.3, -0.25) is 38.7 Å².